The molecular formula is C51H75Br2N3O4. The van der Waals surface area contributed by atoms with Crippen molar-refractivity contribution in [3.63, 3.8) is 0 Å². The number of hydrogen-bond acceptors (Lipinski definition) is 5. The van der Waals surface area contributed by atoms with E-state index in [0.717, 1.165) is 66.6 Å². The van der Waals surface area contributed by atoms with Gasteiger partial charge < -0.3 is 48.8 Å². The van der Waals surface area contributed by atoms with Gasteiger partial charge in [0.15, 0.2) is 37.9 Å². The maximum Gasteiger partial charge on any atom is 0.337 e. The number of unbranched alkanes of at least 4 members (excludes halogenated alkanes) is 18. The molecule has 0 spiro atoms. The van der Waals surface area contributed by atoms with Gasteiger partial charge in [0.05, 0.1) is 41.7 Å². The number of esters is 2. The SMILES string of the molecule is CCCCCCCCCCCCOC(=O)C1=C(C[n+]2cccc(C)c2)NC(C[n+]2cccc(C)c2)=C(C(=O)OCCCCCCCCCCCC)C1c1ccccc1.[Br-].[Br-]. The first-order valence-electron chi connectivity index (χ1n) is 22.9. The molecule has 1 aliphatic heterocycles. The molecule has 0 bridgehead atoms. The van der Waals surface area contributed by atoms with Crippen molar-refractivity contribution in [3.8, 4) is 0 Å². The zero-order valence-electron chi connectivity index (χ0n) is 37.3. The van der Waals surface area contributed by atoms with Gasteiger partial charge in [-0.3, -0.25) is 0 Å². The molecule has 0 unspecified atom stereocenters. The predicted molar refractivity (Wildman–Crippen MR) is 235 cm³/mol. The largest absolute Gasteiger partial charge is 1.00 e. The normalized spacial score (nSPS) is 12.7. The van der Waals surface area contributed by atoms with Gasteiger partial charge >= 0.3 is 11.9 Å². The molecule has 0 radical (unpaired) electrons. The van der Waals surface area contributed by atoms with E-state index in [-0.39, 0.29) is 45.9 Å². The Morgan fingerprint density at radius 3 is 1.25 bits per heavy atom. The molecule has 2 aromatic heterocycles. The fourth-order valence-electron chi connectivity index (χ4n) is 8.05. The summed E-state index contributed by atoms with van der Waals surface area (Å²) in [4.78, 5) is 29.1. The Kier molecular flexibility index (Phi) is 27.8. The van der Waals surface area contributed by atoms with Gasteiger partial charge in [-0.25, -0.2) is 9.59 Å². The molecule has 60 heavy (non-hydrogen) atoms. The average Bonchev–Trinajstić information content (AvgIpc) is 3.22. The van der Waals surface area contributed by atoms with Gasteiger partial charge in [-0.15, -0.1) is 0 Å². The lowest BCUT2D eigenvalue weighted by atomic mass is 9.80. The number of hydrogen-bond donors (Lipinski definition) is 1. The van der Waals surface area contributed by atoms with Crippen LogP contribution in [-0.2, 0) is 32.2 Å². The number of dihydropyridines is 1. The van der Waals surface area contributed by atoms with E-state index in [1.54, 1.807) is 0 Å². The van der Waals surface area contributed by atoms with Gasteiger partial charge in [-0.05, 0) is 44.4 Å². The average molecular weight is 954 g/mol. The second kappa shape index (κ2) is 31.5. The molecule has 7 nitrogen and oxygen atoms in total. The maximum atomic E-state index is 14.5. The summed E-state index contributed by atoms with van der Waals surface area (Å²) in [5.74, 6) is -1.44. The lowest BCUT2D eigenvalue weighted by molar-refractivity contribution is -0.692. The number of aryl methyl sites for hydroxylation is 2. The van der Waals surface area contributed by atoms with Crippen molar-refractivity contribution >= 4 is 11.9 Å². The summed E-state index contributed by atoms with van der Waals surface area (Å²) in [6.45, 7) is 10.2. The van der Waals surface area contributed by atoms with Gasteiger partial charge in [-0.2, -0.15) is 9.13 Å². The molecule has 3 aromatic rings. The molecule has 0 fully saturated rings. The van der Waals surface area contributed by atoms with Crippen LogP contribution in [-0.4, -0.2) is 25.2 Å². The molecule has 1 N–H and O–H groups in total. The number of ether oxygens (including phenoxy) is 2. The number of halogens is 2. The van der Waals surface area contributed by atoms with E-state index >= 15 is 0 Å². The number of carbonyl (C=O) groups excluding carboxylic acids is 2. The first kappa shape index (κ1) is 52.8. The molecule has 0 amide bonds. The van der Waals surface area contributed by atoms with E-state index in [1.807, 2.05) is 54.9 Å². The molecule has 4 rings (SSSR count). The summed E-state index contributed by atoms with van der Waals surface area (Å²) >= 11 is 0. The minimum absolute atomic E-state index is 0. The van der Waals surface area contributed by atoms with Crippen LogP contribution in [0.15, 0.2) is 102 Å². The molecule has 0 saturated heterocycles. The zero-order chi connectivity index (χ0) is 41.2. The molecule has 0 saturated carbocycles. The Balaban J connectivity index is 0.00000620. The predicted octanol–water partition coefficient (Wildman–Crippen LogP) is 5.41. The van der Waals surface area contributed by atoms with Gasteiger partial charge in [0, 0.05) is 23.3 Å². The van der Waals surface area contributed by atoms with Crippen LogP contribution >= 0.6 is 0 Å². The van der Waals surface area contributed by atoms with Crippen molar-refractivity contribution in [2.45, 2.75) is 175 Å². The number of carbonyl (C=O) groups is 2. The molecule has 1 aromatic carbocycles. The van der Waals surface area contributed by atoms with Gasteiger partial charge in [0.2, 0.25) is 0 Å². The third kappa shape index (κ3) is 19.2. The number of nitrogens with one attached hydrogen (secondary N) is 1. The Labute approximate surface area is 384 Å². The minimum atomic E-state index is -0.663. The molecule has 3 heterocycles. The van der Waals surface area contributed by atoms with Crippen molar-refractivity contribution < 1.29 is 62.2 Å². The van der Waals surface area contributed by atoms with Crippen LogP contribution in [0.3, 0.4) is 0 Å². The van der Waals surface area contributed by atoms with Crippen LogP contribution in [0.5, 0.6) is 0 Å². The Morgan fingerprint density at radius 1 is 0.517 bits per heavy atom. The van der Waals surface area contributed by atoms with E-state index in [9.17, 15) is 9.59 Å². The zero-order valence-corrected chi connectivity index (χ0v) is 40.5. The van der Waals surface area contributed by atoms with Gasteiger partial charge in [0.25, 0.3) is 0 Å². The first-order valence-corrected chi connectivity index (χ1v) is 22.9. The summed E-state index contributed by atoms with van der Waals surface area (Å²) in [5, 5.41) is 3.65. The van der Waals surface area contributed by atoms with Crippen molar-refractivity contribution in [3.05, 3.63) is 119 Å². The van der Waals surface area contributed by atoms with E-state index in [4.69, 9.17) is 9.47 Å². The van der Waals surface area contributed by atoms with Crippen molar-refractivity contribution in [2.75, 3.05) is 13.2 Å². The summed E-state index contributed by atoms with van der Waals surface area (Å²) in [5.41, 5.74) is 5.49. The molecule has 0 aliphatic carbocycles. The highest BCUT2D eigenvalue weighted by molar-refractivity contribution is 6.00. The first-order chi connectivity index (χ1) is 28.4. The molecule has 332 valence electrons. The van der Waals surface area contributed by atoms with Crippen LogP contribution in [0.4, 0.5) is 0 Å². The van der Waals surface area contributed by atoms with Gasteiger partial charge in [-0.1, -0.05) is 160 Å². The highest BCUT2D eigenvalue weighted by atomic mass is 79.9. The standard InChI is InChI=1S/C51H74N3O4.2BrH/c1-5-7-9-11-13-15-17-19-21-26-36-57-50(55)48-45(40-53-34-28-30-42(3)38-53)52-46(41-54-35-29-31-43(4)39-54)49(47(48)44-32-24-23-25-33-44)51(56)58-37-27-22-20-18-16-14-12-10-8-6-2;;/h23-25,28-35,38-39,47H,5-22,26-27,36-37,40-41H2,1-4H3;2*1H/q+1;;/p-1. The number of pyridine rings is 2. The summed E-state index contributed by atoms with van der Waals surface area (Å²) in [6.07, 6.45) is 32.3. The van der Waals surface area contributed by atoms with Crippen LogP contribution < -0.4 is 48.4 Å². The van der Waals surface area contributed by atoms with Crippen molar-refractivity contribution in [2.24, 2.45) is 0 Å². The monoisotopic (exact) mass is 951 g/mol. The van der Waals surface area contributed by atoms with Gasteiger partial charge in [0.1, 0.15) is 0 Å². The molecule has 0 atom stereocenters. The lowest BCUT2D eigenvalue weighted by Gasteiger charge is -2.31. The number of allylic oxidation sites excluding steroid dienone is 2. The quantitative estimate of drug-likeness (QED) is 0.0574. The van der Waals surface area contributed by atoms with E-state index in [2.05, 4.69) is 66.7 Å². The Hall–Kier alpha value is -3.30. The van der Waals surface area contributed by atoms with Crippen LogP contribution in [0.1, 0.15) is 165 Å². The van der Waals surface area contributed by atoms with Crippen molar-refractivity contribution in [1.29, 1.82) is 0 Å². The molecular weight excluding hydrogens is 878 g/mol. The Morgan fingerprint density at radius 2 is 0.883 bits per heavy atom. The van der Waals surface area contributed by atoms with Crippen molar-refractivity contribution in [1.82, 2.24) is 5.32 Å². The minimum Gasteiger partial charge on any atom is -1.00 e. The third-order valence-corrected chi connectivity index (χ3v) is 11.3. The lowest BCUT2D eigenvalue weighted by Crippen LogP contribution is -3.00. The summed E-state index contributed by atoms with van der Waals surface area (Å²) < 4.78 is 16.5. The van der Waals surface area contributed by atoms with E-state index in [1.165, 1.54) is 89.9 Å². The smallest absolute Gasteiger partial charge is 0.337 e. The van der Waals surface area contributed by atoms with E-state index in [0.29, 0.717) is 37.4 Å². The highest BCUT2D eigenvalue weighted by Gasteiger charge is 2.42. The second-order valence-electron chi connectivity index (χ2n) is 16.5. The second-order valence-corrected chi connectivity index (χ2v) is 16.5. The van der Waals surface area contributed by atoms with E-state index < -0.39 is 5.92 Å². The topological polar surface area (TPSA) is 72.4 Å². The summed E-state index contributed by atoms with van der Waals surface area (Å²) in [6, 6.07) is 18.1. The maximum absolute atomic E-state index is 14.5. The molecule has 1 aliphatic rings. The van der Waals surface area contributed by atoms with Crippen LogP contribution in [0.2, 0.25) is 0 Å². The number of nitrogens with zero attached hydrogens (tertiary/aromatic N) is 2. The fourth-order valence-corrected chi connectivity index (χ4v) is 8.05. The van der Waals surface area contributed by atoms with Crippen LogP contribution in [0.25, 0.3) is 0 Å². The number of aromatic nitrogens is 2. The Bertz CT molecular complexity index is 1620. The number of rotatable bonds is 29. The number of benzene rings is 1. The van der Waals surface area contributed by atoms with Crippen LogP contribution in [0, 0.1) is 13.8 Å². The summed E-state index contributed by atoms with van der Waals surface area (Å²) in [7, 11) is 0. The highest BCUT2D eigenvalue weighted by Crippen LogP contribution is 2.40. The fraction of sp³-hybridized carbons (Fsp3) is 0.569. The molecule has 9 heteroatoms. The third-order valence-electron chi connectivity index (χ3n) is 11.3.